The number of benzene rings is 6. The second-order valence-corrected chi connectivity index (χ2v) is 13.3. The first-order valence-electron chi connectivity index (χ1n) is 17.4. The summed E-state index contributed by atoms with van der Waals surface area (Å²) >= 11 is 0. The first-order valence-corrected chi connectivity index (χ1v) is 17.4. The van der Waals surface area contributed by atoms with Gasteiger partial charge >= 0.3 is 6.01 Å². The number of hydrogen-bond acceptors (Lipinski definition) is 3. The minimum absolute atomic E-state index is 0.381. The number of nitrogens with zero attached hydrogens (tertiary/aromatic N) is 3. The zero-order chi connectivity index (χ0) is 35.1. The molecule has 9 rings (SSSR count). The highest BCUT2D eigenvalue weighted by Gasteiger charge is 2.41. The van der Waals surface area contributed by atoms with Gasteiger partial charge in [0.1, 0.15) is 23.0 Å². The number of pyridine rings is 1. The summed E-state index contributed by atoms with van der Waals surface area (Å²) in [5.74, 6) is 3.05. The summed E-state index contributed by atoms with van der Waals surface area (Å²) in [4.78, 5) is 4.81. The topological polar surface area (TPSA) is 37.4 Å². The van der Waals surface area contributed by atoms with Crippen LogP contribution in [0.5, 0.6) is 23.0 Å². The molecule has 0 atom stereocenters. The minimum atomic E-state index is -0.381. The third-order valence-corrected chi connectivity index (χ3v) is 9.94. The van der Waals surface area contributed by atoms with Gasteiger partial charge in [0.05, 0.1) is 11.8 Å². The lowest BCUT2D eigenvalue weighted by Gasteiger charge is -2.29. The highest BCUT2D eigenvalue weighted by atomic mass is 16.5. The molecule has 0 saturated heterocycles. The fraction of sp³-hybridized carbons (Fsp3) is 0.0638. The van der Waals surface area contributed by atoms with Gasteiger partial charge in [-0.2, -0.15) is 0 Å². The van der Waals surface area contributed by atoms with E-state index in [1.807, 2.05) is 108 Å². The number of para-hydroxylation sites is 1. The van der Waals surface area contributed by atoms with E-state index in [9.17, 15) is 0 Å². The van der Waals surface area contributed by atoms with Crippen LogP contribution in [0.25, 0.3) is 33.5 Å². The Morgan fingerprint density at radius 1 is 0.538 bits per heavy atom. The summed E-state index contributed by atoms with van der Waals surface area (Å²) in [7, 11) is 1.95. The lowest BCUT2D eigenvalue weighted by molar-refractivity contribution is -0.429. The van der Waals surface area contributed by atoms with Crippen molar-refractivity contribution in [1.29, 1.82) is 0 Å². The van der Waals surface area contributed by atoms with Gasteiger partial charge < -0.3 is 9.47 Å². The fourth-order valence-electron chi connectivity index (χ4n) is 7.37. The Hall–Kier alpha value is -6.81. The number of hydrogen-bond donors (Lipinski definition) is 0. The van der Waals surface area contributed by atoms with Crippen molar-refractivity contribution in [2.24, 2.45) is 0 Å². The van der Waals surface area contributed by atoms with Gasteiger partial charge in [-0.3, -0.25) is 4.98 Å². The van der Waals surface area contributed by atoms with Gasteiger partial charge in [0, 0.05) is 23.2 Å². The summed E-state index contributed by atoms with van der Waals surface area (Å²) in [6, 6.07) is 57.6. The number of rotatable bonds is 8. The number of ether oxygens (including phenoxy) is 2. The predicted octanol–water partition coefficient (Wildman–Crippen LogP) is 11.3. The molecular formula is C47H35N3O2+2. The van der Waals surface area contributed by atoms with Crippen LogP contribution < -0.4 is 9.47 Å². The lowest BCUT2D eigenvalue weighted by Crippen LogP contribution is -2.22. The second kappa shape index (κ2) is 12.8. The Bertz CT molecular complexity index is 2550. The Labute approximate surface area is 303 Å². The molecule has 0 saturated carbocycles. The Morgan fingerprint density at radius 2 is 1.19 bits per heavy atom. The zero-order valence-corrected chi connectivity index (χ0v) is 28.9. The van der Waals surface area contributed by atoms with Crippen LogP contribution in [-0.4, -0.2) is 27.2 Å². The van der Waals surface area contributed by atoms with Gasteiger partial charge in [0.2, 0.25) is 11.9 Å². The Morgan fingerprint density at radius 3 is 1.94 bits per heavy atom. The van der Waals surface area contributed by atoms with Crippen molar-refractivity contribution in [2.75, 3.05) is 7.05 Å². The number of fused-ring (bicyclic) bond motifs is 3. The third kappa shape index (κ3) is 5.69. The van der Waals surface area contributed by atoms with Crippen LogP contribution in [0.2, 0.25) is 0 Å². The van der Waals surface area contributed by atoms with Crippen LogP contribution in [0.4, 0.5) is 5.69 Å². The molecular weight excluding hydrogens is 639 g/mol. The van der Waals surface area contributed by atoms with E-state index in [1.165, 1.54) is 22.3 Å². The predicted molar refractivity (Wildman–Crippen MR) is 206 cm³/mol. The lowest BCUT2D eigenvalue weighted by atomic mass is 9.73. The molecule has 1 aliphatic carbocycles. The van der Waals surface area contributed by atoms with Crippen LogP contribution in [0.15, 0.2) is 176 Å². The monoisotopic (exact) mass is 673 g/mol. The SMILES string of the molecule is C[N+]1=C=[N+](c2cccc(Oc3cccc(-c4cc(-c5cc(Oc6ccccc6)cc(C6(C)c7ccccc7-c7ccccc76)c5)ccn4)c3)c2)C=C1. The highest BCUT2D eigenvalue weighted by molar-refractivity contribution is 5.84. The molecule has 5 nitrogen and oxygen atoms in total. The van der Waals surface area contributed by atoms with Gasteiger partial charge in [-0.25, -0.2) is 0 Å². The molecule has 5 heteroatoms. The maximum absolute atomic E-state index is 6.55. The molecule has 7 aromatic rings. The van der Waals surface area contributed by atoms with Crippen molar-refractivity contribution in [2.45, 2.75) is 12.3 Å². The van der Waals surface area contributed by atoms with Crippen molar-refractivity contribution >= 4 is 11.7 Å². The Kier molecular flexibility index (Phi) is 7.69. The normalized spacial score (nSPS) is 13.6. The standard InChI is InChI=1S/C47H35N3O2/c1-47(44-20-8-6-18-42(44)43-19-7-9-21-45(43)47)36-26-35(28-41(30-36)51-38-14-4-3-5-15-38)33-22-23-48-46(29-33)34-12-10-16-39(27-34)52-40-17-11-13-37(31-40)50-25-24-49(2)32-50/h3-31H,1-2H3/q+2. The molecule has 0 N–H and O–H groups in total. The van der Waals surface area contributed by atoms with Gasteiger partial charge in [-0.05, 0) is 107 Å². The smallest absolute Gasteiger partial charge is 0.457 e. The van der Waals surface area contributed by atoms with E-state index in [2.05, 4.69) is 97.9 Å². The molecule has 2 aliphatic rings. The number of aromatic nitrogens is 1. The van der Waals surface area contributed by atoms with E-state index < -0.39 is 0 Å². The van der Waals surface area contributed by atoms with Crippen molar-refractivity contribution in [1.82, 2.24) is 4.98 Å². The third-order valence-electron chi connectivity index (χ3n) is 9.94. The maximum atomic E-state index is 6.55. The van der Waals surface area contributed by atoms with Crippen molar-refractivity contribution in [3.63, 3.8) is 0 Å². The molecule has 2 heterocycles. The van der Waals surface area contributed by atoms with E-state index in [0.717, 1.165) is 56.6 Å². The summed E-state index contributed by atoms with van der Waals surface area (Å²) < 4.78 is 16.7. The largest absolute Gasteiger partial charge is 0.495 e. The van der Waals surface area contributed by atoms with Crippen molar-refractivity contribution in [3.8, 4) is 56.5 Å². The molecule has 0 amide bonds. The van der Waals surface area contributed by atoms with E-state index in [0.29, 0.717) is 0 Å². The quantitative estimate of drug-likeness (QED) is 0.151. The molecule has 0 unspecified atom stereocenters. The van der Waals surface area contributed by atoms with Gasteiger partial charge in [0.25, 0.3) is 6.20 Å². The second-order valence-electron chi connectivity index (χ2n) is 13.3. The molecule has 0 fully saturated rings. The average molecular weight is 674 g/mol. The Balaban J connectivity index is 1.10. The van der Waals surface area contributed by atoms with Crippen LogP contribution in [0.1, 0.15) is 23.6 Å². The van der Waals surface area contributed by atoms with Crippen LogP contribution >= 0.6 is 0 Å². The van der Waals surface area contributed by atoms with Gasteiger partial charge in [-0.15, -0.1) is 0 Å². The molecule has 0 spiro atoms. The highest BCUT2D eigenvalue weighted by Crippen LogP contribution is 2.53. The first-order chi connectivity index (χ1) is 25.5. The van der Waals surface area contributed by atoms with Crippen molar-refractivity contribution in [3.05, 3.63) is 193 Å². The molecule has 0 radical (unpaired) electrons. The fourth-order valence-corrected chi connectivity index (χ4v) is 7.37. The molecule has 1 aromatic heterocycles. The first kappa shape index (κ1) is 31.2. The minimum Gasteiger partial charge on any atom is -0.457 e. The van der Waals surface area contributed by atoms with Crippen molar-refractivity contribution < 1.29 is 18.6 Å². The zero-order valence-electron chi connectivity index (χ0n) is 28.9. The average Bonchev–Trinajstić information content (AvgIpc) is 3.75. The maximum Gasteiger partial charge on any atom is 0.495 e. The molecule has 248 valence electrons. The summed E-state index contributed by atoms with van der Waals surface area (Å²) in [6.45, 7) is 2.33. The van der Waals surface area contributed by atoms with E-state index >= 15 is 0 Å². The summed E-state index contributed by atoms with van der Waals surface area (Å²) in [5, 5.41) is 0. The van der Waals surface area contributed by atoms with E-state index in [4.69, 9.17) is 14.5 Å². The molecule has 1 aliphatic heterocycles. The van der Waals surface area contributed by atoms with Crippen LogP contribution in [-0.2, 0) is 5.41 Å². The molecule has 6 aromatic carbocycles. The van der Waals surface area contributed by atoms with Gasteiger partial charge in [-0.1, -0.05) is 94.1 Å². The summed E-state index contributed by atoms with van der Waals surface area (Å²) in [5.41, 5.74) is 10.8. The van der Waals surface area contributed by atoms with E-state index in [-0.39, 0.29) is 5.41 Å². The summed E-state index contributed by atoms with van der Waals surface area (Å²) in [6.07, 6.45) is 5.80. The molecule has 0 bridgehead atoms. The van der Waals surface area contributed by atoms with Crippen LogP contribution in [0.3, 0.4) is 0 Å². The molecule has 52 heavy (non-hydrogen) atoms. The van der Waals surface area contributed by atoms with E-state index in [1.54, 1.807) is 0 Å². The van der Waals surface area contributed by atoms with Gasteiger partial charge in [0.15, 0.2) is 7.05 Å². The van der Waals surface area contributed by atoms with Crippen LogP contribution in [0, 0.1) is 0 Å².